The van der Waals surface area contributed by atoms with Gasteiger partial charge in [-0.2, -0.15) is 0 Å². The van der Waals surface area contributed by atoms with Gasteiger partial charge in [0.15, 0.2) is 17.6 Å². The predicted octanol–water partition coefficient (Wildman–Crippen LogP) is 6.63. The second kappa shape index (κ2) is 17.6. The predicted molar refractivity (Wildman–Crippen MR) is 175 cm³/mol. The lowest BCUT2D eigenvalue weighted by atomic mass is 9.94. The number of rotatable bonds is 19. The van der Waals surface area contributed by atoms with Gasteiger partial charge >= 0.3 is 11.9 Å². The molecule has 0 bridgehead atoms. The highest BCUT2D eigenvalue weighted by atomic mass is 16.6. The van der Waals surface area contributed by atoms with Crippen molar-refractivity contribution in [1.82, 2.24) is 0 Å². The zero-order valence-electron chi connectivity index (χ0n) is 27.4. The number of aromatic hydroxyl groups is 1. The van der Waals surface area contributed by atoms with Crippen molar-refractivity contribution in [3.8, 4) is 5.75 Å². The first-order valence-corrected chi connectivity index (χ1v) is 16.5. The Morgan fingerprint density at radius 3 is 1.96 bits per heavy atom. The van der Waals surface area contributed by atoms with Crippen molar-refractivity contribution >= 4 is 23.4 Å². The molecule has 46 heavy (non-hydrogen) atoms. The van der Waals surface area contributed by atoms with Crippen LogP contribution in [0.2, 0.25) is 0 Å². The van der Waals surface area contributed by atoms with Gasteiger partial charge in [0.1, 0.15) is 18.5 Å². The SMILES string of the molecule is CCCCC(CC)CN(CC(CC)CCCC)c1ccc(C(=O)c2ccccc2C(=O)OC[C@H](O)[C@H]2OC(=O)C(O)=C2O)c(O)c1. The minimum absolute atomic E-state index is 0.00852. The second-order valence-corrected chi connectivity index (χ2v) is 12.0. The Morgan fingerprint density at radius 2 is 1.46 bits per heavy atom. The molecule has 0 aliphatic carbocycles. The number of aliphatic hydroxyl groups is 3. The van der Waals surface area contributed by atoms with Crippen LogP contribution in [0.5, 0.6) is 5.75 Å². The molecule has 10 heteroatoms. The van der Waals surface area contributed by atoms with Gasteiger partial charge in [-0.1, -0.05) is 84.4 Å². The summed E-state index contributed by atoms with van der Waals surface area (Å²) < 4.78 is 9.86. The van der Waals surface area contributed by atoms with Crippen LogP contribution < -0.4 is 4.90 Å². The van der Waals surface area contributed by atoms with Gasteiger partial charge in [-0.3, -0.25) is 4.79 Å². The van der Waals surface area contributed by atoms with E-state index in [1.54, 1.807) is 24.3 Å². The number of benzene rings is 2. The Labute approximate surface area is 271 Å². The van der Waals surface area contributed by atoms with Crippen LogP contribution in [0, 0.1) is 11.8 Å². The van der Waals surface area contributed by atoms with Crippen molar-refractivity contribution in [3.05, 3.63) is 70.7 Å². The van der Waals surface area contributed by atoms with E-state index in [9.17, 15) is 34.8 Å². The molecule has 2 aromatic rings. The van der Waals surface area contributed by atoms with Crippen LogP contribution in [-0.4, -0.2) is 70.1 Å². The van der Waals surface area contributed by atoms with Crippen LogP contribution in [0.15, 0.2) is 54.0 Å². The van der Waals surface area contributed by atoms with Gasteiger partial charge in [0, 0.05) is 30.4 Å². The number of esters is 2. The fourth-order valence-electron chi connectivity index (χ4n) is 5.71. The molecule has 2 aromatic carbocycles. The van der Waals surface area contributed by atoms with E-state index in [0.717, 1.165) is 70.1 Å². The minimum Gasteiger partial charge on any atom is -0.507 e. The molecule has 0 saturated heterocycles. The van der Waals surface area contributed by atoms with Crippen molar-refractivity contribution in [1.29, 1.82) is 0 Å². The first-order chi connectivity index (χ1) is 22.1. The van der Waals surface area contributed by atoms with E-state index >= 15 is 0 Å². The summed E-state index contributed by atoms with van der Waals surface area (Å²) >= 11 is 0. The average Bonchev–Trinajstić information content (AvgIpc) is 3.33. The largest absolute Gasteiger partial charge is 0.507 e. The van der Waals surface area contributed by atoms with E-state index in [2.05, 4.69) is 32.6 Å². The number of carbonyl (C=O) groups is 3. The van der Waals surface area contributed by atoms with E-state index in [1.165, 1.54) is 12.1 Å². The normalized spacial score (nSPS) is 16.5. The highest BCUT2D eigenvalue weighted by Gasteiger charge is 2.40. The summed E-state index contributed by atoms with van der Waals surface area (Å²) in [5.74, 6) is -3.80. The molecule has 10 nitrogen and oxygen atoms in total. The molecule has 1 aliphatic rings. The fourth-order valence-corrected chi connectivity index (χ4v) is 5.71. The van der Waals surface area contributed by atoms with Crippen molar-refractivity contribution in [2.45, 2.75) is 91.3 Å². The Kier molecular flexibility index (Phi) is 13.9. The Morgan fingerprint density at radius 1 is 0.870 bits per heavy atom. The van der Waals surface area contributed by atoms with E-state index in [1.807, 2.05) is 6.07 Å². The molecule has 3 rings (SSSR count). The Balaban J connectivity index is 1.82. The second-order valence-electron chi connectivity index (χ2n) is 12.0. The summed E-state index contributed by atoms with van der Waals surface area (Å²) in [4.78, 5) is 40.4. The molecule has 0 fully saturated rings. The van der Waals surface area contributed by atoms with E-state index in [4.69, 9.17) is 9.47 Å². The van der Waals surface area contributed by atoms with Crippen LogP contribution in [0.1, 0.15) is 105 Å². The zero-order valence-corrected chi connectivity index (χ0v) is 27.4. The topological polar surface area (TPSA) is 154 Å². The third-order valence-corrected chi connectivity index (χ3v) is 8.70. The van der Waals surface area contributed by atoms with Crippen LogP contribution in [0.25, 0.3) is 0 Å². The number of phenolic OH excluding ortho intramolecular Hbond substituents is 1. The highest BCUT2D eigenvalue weighted by Crippen LogP contribution is 2.31. The smallest absolute Gasteiger partial charge is 0.377 e. The molecule has 0 radical (unpaired) electrons. The zero-order chi connectivity index (χ0) is 33.8. The summed E-state index contributed by atoms with van der Waals surface area (Å²) in [5, 5.41) is 40.7. The number of aliphatic hydroxyl groups excluding tert-OH is 3. The number of hydrogen-bond donors (Lipinski definition) is 4. The first kappa shape index (κ1) is 36.4. The maximum atomic E-state index is 13.7. The van der Waals surface area contributed by atoms with Gasteiger partial charge in [-0.05, 0) is 42.9 Å². The molecule has 1 aliphatic heterocycles. The molecule has 252 valence electrons. The minimum atomic E-state index is -1.66. The van der Waals surface area contributed by atoms with E-state index in [0.29, 0.717) is 11.8 Å². The molecule has 0 saturated carbocycles. The number of nitrogens with zero attached hydrogens (tertiary/aromatic N) is 1. The molecular weight excluding hydrogens is 590 g/mol. The van der Waals surface area contributed by atoms with Gasteiger partial charge in [-0.15, -0.1) is 0 Å². The third-order valence-electron chi connectivity index (χ3n) is 8.70. The van der Waals surface area contributed by atoms with Crippen molar-refractivity contribution in [2.75, 3.05) is 24.6 Å². The third kappa shape index (κ3) is 9.25. The molecule has 1 heterocycles. The highest BCUT2D eigenvalue weighted by molar-refractivity contribution is 6.15. The number of ketones is 1. The monoisotopic (exact) mass is 639 g/mol. The number of hydrogen-bond acceptors (Lipinski definition) is 10. The summed E-state index contributed by atoms with van der Waals surface area (Å²) in [7, 11) is 0. The number of unbranched alkanes of at least 4 members (excludes halogenated alkanes) is 2. The standard InChI is InChI=1S/C36H49NO9/c1-5-9-13-23(7-3)20-37(21-24(8-4)14-10-6-2)25-17-18-28(29(38)19-25)31(40)26-15-11-12-16-27(26)35(43)45-22-30(39)34-32(41)33(42)36(44)46-34/h11-12,15-19,23-24,30,34,38-39,41-42H,5-10,13-14,20-22H2,1-4H3/t23?,24?,30-,34+/m0/s1. The molecule has 4 N–H and O–H groups in total. The van der Waals surface area contributed by atoms with E-state index < -0.39 is 48.1 Å². The van der Waals surface area contributed by atoms with Crippen LogP contribution >= 0.6 is 0 Å². The van der Waals surface area contributed by atoms with Crippen LogP contribution in [0.3, 0.4) is 0 Å². The Hall–Kier alpha value is -4.05. The lowest BCUT2D eigenvalue weighted by molar-refractivity contribution is -0.147. The lowest BCUT2D eigenvalue weighted by Gasteiger charge is -2.33. The molecule has 0 aromatic heterocycles. The molecule has 0 amide bonds. The van der Waals surface area contributed by atoms with Crippen molar-refractivity contribution in [3.63, 3.8) is 0 Å². The number of cyclic esters (lactones) is 1. The van der Waals surface area contributed by atoms with E-state index in [-0.39, 0.29) is 22.4 Å². The number of carbonyl (C=O) groups excluding carboxylic acids is 3. The average molecular weight is 640 g/mol. The summed E-state index contributed by atoms with van der Waals surface area (Å²) in [6.45, 7) is 9.85. The van der Waals surface area contributed by atoms with Crippen LogP contribution in [0.4, 0.5) is 5.69 Å². The van der Waals surface area contributed by atoms with Gasteiger partial charge in [0.25, 0.3) is 0 Å². The van der Waals surface area contributed by atoms with Crippen molar-refractivity contribution < 1.29 is 44.3 Å². The Bertz CT molecular complexity index is 1350. The lowest BCUT2D eigenvalue weighted by Crippen LogP contribution is -2.34. The molecule has 4 atom stereocenters. The molecule has 0 spiro atoms. The maximum Gasteiger partial charge on any atom is 0.377 e. The quantitative estimate of drug-likeness (QED) is 0.0972. The number of phenols is 1. The van der Waals surface area contributed by atoms with Gasteiger partial charge in [-0.25, -0.2) is 9.59 Å². The van der Waals surface area contributed by atoms with Gasteiger partial charge < -0.3 is 34.8 Å². The molecular formula is C36H49NO9. The van der Waals surface area contributed by atoms with Gasteiger partial charge in [0.2, 0.25) is 5.76 Å². The van der Waals surface area contributed by atoms with Crippen LogP contribution in [-0.2, 0) is 14.3 Å². The molecule has 2 unspecified atom stereocenters. The first-order valence-electron chi connectivity index (χ1n) is 16.5. The summed E-state index contributed by atoms with van der Waals surface area (Å²) in [6, 6.07) is 11.0. The summed E-state index contributed by atoms with van der Waals surface area (Å²) in [6.07, 6.45) is 5.72. The van der Waals surface area contributed by atoms with Crippen molar-refractivity contribution in [2.24, 2.45) is 11.8 Å². The van der Waals surface area contributed by atoms with Gasteiger partial charge in [0.05, 0.1) is 11.1 Å². The number of anilines is 1. The maximum absolute atomic E-state index is 13.7. The summed E-state index contributed by atoms with van der Waals surface area (Å²) in [5.41, 5.74) is 0.769. The number of ether oxygens (including phenoxy) is 2. The fraction of sp³-hybridized carbons (Fsp3) is 0.528.